The van der Waals surface area contributed by atoms with Gasteiger partial charge in [-0.25, -0.2) is 4.68 Å². The second-order valence-corrected chi connectivity index (χ2v) is 4.42. The van der Waals surface area contributed by atoms with Gasteiger partial charge < -0.3 is 4.74 Å². The fourth-order valence-electron chi connectivity index (χ4n) is 1.65. The Bertz CT molecular complexity index is 458. The summed E-state index contributed by atoms with van der Waals surface area (Å²) in [6, 6.07) is 9.98. The van der Waals surface area contributed by atoms with E-state index in [1.807, 2.05) is 36.5 Å². The average molecular weight is 296 g/mol. The largest absolute Gasteiger partial charge is 0.355 e. The average Bonchev–Trinajstić information content (AvgIpc) is 2.81. The van der Waals surface area contributed by atoms with Crippen LogP contribution in [0.4, 0.5) is 0 Å². The van der Waals surface area contributed by atoms with E-state index in [1.54, 1.807) is 11.8 Å². The van der Waals surface area contributed by atoms with Crippen molar-refractivity contribution in [2.75, 3.05) is 12.4 Å². The number of alkyl halides is 1. The molecule has 17 heavy (non-hydrogen) atoms. The molecule has 2 rings (SSSR count). The molecule has 1 aromatic heterocycles. The van der Waals surface area contributed by atoms with Crippen LogP contribution in [0.3, 0.4) is 0 Å². The maximum absolute atomic E-state index is 5.46. The number of aromatic nitrogens is 3. The Hall–Kier alpha value is -1.20. The van der Waals surface area contributed by atoms with Crippen molar-refractivity contribution in [1.82, 2.24) is 15.0 Å². The van der Waals surface area contributed by atoms with Crippen molar-refractivity contribution < 1.29 is 4.74 Å². The van der Waals surface area contributed by atoms with Gasteiger partial charge in [-0.15, -0.1) is 5.10 Å². The lowest BCUT2D eigenvalue weighted by atomic mass is 10.2. The van der Waals surface area contributed by atoms with Gasteiger partial charge in [-0.2, -0.15) is 0 Å². The number of benzene rings is 1. The van der Waals surface area contributed by atoms with Crippen molar-refractivity contribution in [3.63, 3.8) is 0 Å². The maximum atomic E-state index is 5.46. The summed E-state index contributed by atoms with van der Waals surface area (Å²) in [5.41, 5.74) is 2.02. The molecule has 0 aliphatic carbocycles. The molecule has 0 bridgehead atoms. The van der Waals surface area contributed by atoms with E-state index in [0.717, 1.165) is 23.0 Å². The molecule has 0 aliphatic rings. The number of aryl methyl sites for hydroxylation is 1. The summed E-state index contributed by atoms with van der Waals surface area (Å²) in [6.45, 7) is 0. The van der Waals surface area contributed by atoms with Crippen molar-refractivity contribution in [2.24, 2.45) is 0 Å². The van der Waals surface area contributed by atoms with Gasteiger partial charge in [-0.1, -0.05) is 51.5 Å². The molecule has 0 radical (unpaired) electrons. The fraction of sp³-hybridized carbons (Fsp3) is 0.333. The second-order valence-electron chi connectivity index (χ2n) is 3.63. The van der Waals surface area contributed by atoms with Gasteiger partial charge in [0.05, 0.1) is 11.9 Å². The van der Waals surface area contributed by atoms with Gasteiger partial charge in [0.25, 0.3) is 0 Å². The van der Waals surface area contributed by atoms with Crippen molar-refractivity contribution in [2.45, 2.75) is 12.6 Å². The van der Waals surface area contributed by atoms with Crippen molar-refractivity contribution in [1.29, 1.82) is 0 Å². The van der Waals surface area contributed by atoms with E-state index in [0.29, 0.717) is 0 Å². The molecule has 0 N–H and O–H groups in total. The normalized spacial score (nSPS) is 12.6. The van der Waals surface area contributed by atoms with E-state index in [-0.39, 0.29) is 6.23 Å². The van der Waals surface area contributed by atoms with Crippen LogP contribution < -0.4 is 0 Å². The van der Waals surface area contributed by atoms with Crippen LogP contribution in [0.2, 0.25) is 0 Å². The molecule has 4 nitrogen and oxygen atoms in total. The smallest absolute Gasteiger partial charge is 0.177 e. The monoisotopic (exact) mass is 295 g/mol. The Kier molecular flexibility index (Phi) is 4.28. The predicted molar refractivity (Wildman–Crippen MR) is 69.1 cm³/mol. The summed E-state index contributed by atoms with van der Waals surface area (Å²) in [7, 11) is 1.67. The zero-order valence-corrected chi connectivity index (χ0v) is 11.2. The first-order valence-corrected chi connectivity index (χ1v) is 6.51. The maximum Gasteiger partial charge on any atom is 0.177 e. The van der Waals surface area contributed by atoms with Gasteiger partial charge in [0.1, 0.15) is 0 Å². The quantitative estimate of drug-likeness (QED) is 0.795. The minimum absolute atomic E-state index is 0.215. The molecule has 2 aromatic rings. The Morgan fingerprint density at radius 3 is 2.76 bits per heavy atom. The van der Waals surface area contributed by atoms with Crippen LogP contribution in [0.5, 0.6) is 0 Å². The summed E-state index contributed by atoms with van der Waals surface area (Å²) in [6.07, 6.45) is 2.57. The van der Waals surface area contributed by atoms with E-state index in [4.69, 9.17) is 4.74 Å². The van der Waals surface area contributed by atoms with Crippen LogP contribution in [0.15, 0.2) is 36.5 Å². The third-order valence-corrected chi connectivity index (χ3v) is 2.85. The lowest BCUT2D eigenvalue weighted by Gasteiger charge is -2.14. The van der Waals surface area contributed by atoms with Gasteiger partial charge in [0.15, 0.2) is 6.23 Å². The number of nitrogens with zero attached hydrogens (tertiary/aromatic N) is 3. The molecule has 1 heterocycles. The molecule has 0 aliphatic heterocycles. The molecule has 5 heteroatoms. The number of hydrogen-bond donors (Lipinski definition) is 0. The van der Waals surface area contributed by atoms with Gasteiger partial charge in [-0.3, -0.25) is 0 Å². The molecule has 1 aromatic carbocycles. The third kappa shape index (κ3) is 2.92. The Morgan fingerprint density at radius 2 is 2.12 bits per heavy atom. The van der Waals surface area contributed by atoms with Crippen LogP contribution in [0.25, 0.3) is 0 Å². The van der Waals surface area contributed by atoms with Gasteiger partial charge in [0.2, 0.25) is 0 Å². The summed E-state index contributed by atoms with van der Waals surface area (Å²) in [5, 5.41) is 9.09. The van der Waals surface area contributed by atoms with E-state index in [9.17, 15) is 0 Å². The van der Waals surface area contributed by atoms with Crippen LogP contribution in [-0.4, -0.2) is 27.4 Å². The Labute approximate surface area is 109 Å². The van der Waals surface area contributed by atoms with Crippen LogP contribution in [0, 0.1) is 0 Å². The van der Waals surface area contributed by atoms with E-state index in [2.05, 4.69) is 26.2 Å². The first-order chi connectivity index (χ1) is 8.35. The highest BCUT2D eigenvalue weighted by atomic mass is 79.9. The molecule has 0 amide bonds. The van der Waals surface area contributed by atoms with Crippen molar-refractivity contribution in [3.05, 3.63) is 47.8 Å². The lowest BCUT2D eigenvalue weighted by molar-refractivity contribution is 0.0665. The van der Waals surface area contributed by atoms with E-state index < -0.39 is 0 Å². The zero-order valence-electron chi connectivity index (χ0n) is 9.58. The molecule has 0 spiro atoms. The van der Waals surface area contributed by atoms with E-state index >= 15 is 0 Å². The molecule has 0 saturated carbocycles. The summed E-state index contributed by atoms with van der Waals surface area (Å²) < 4.78 is 7.21. The molecule has 0 fully saturated rings. The second kappa shape index (κ2) is 5.93. The van der Waals surface area contributed by atoms with Crippen LogP contribution in [-0.2, 0) is 11.2 Å². The molecule has 0 saturated heterocycles. The SMILES string of the molecule is CO[C@H](c1ccccc1)n1cc(CCBr)nn1. The third-order valence-electron chi connectivity index (χ3n) is 2.46. The number of rotatable bonds is 5. The van der Waals surface area contributed by atoms with Crippen LogP contribution >= 0.6 is 15.9 Å². The Morgan fingerprint density at radius 1 is 1.35 bits per heavy atom. The fourth-order valence-corrected chi connectivity index (χ4v) is 2.06. The number of methoxy groups -OCH3 is 1. The zero-order chi connectivity index (χ0) is 12.1. The van der Waals surface area contributed by atoms with Gasteiger partial charge in [-0.05, 0) is 0 Å². The topological polar surface area (TPSA) is 39.9 Å². The summed E-state index contributed by atoms with van der Waals surface area (Å²) in [5.74, 6) is 0. The molecular weight excluding hydrogens is 282 g/mol. The lowest BCUT2D eigenvalue weighted by Crippen LogP contribution is -2.13. The standard InChI is InChI=1S/C12H14BrN3O/c1-17-12(10-5-3-2-4-6-10)16-9-11(7-8-13)14-15-16/h2-6,9,12H,7-8H2,1H3/t12-/m1/s1. The molecule has 90 valence electrons. The first kappa shape index (κ1) is 12.3. The molecule has 1 atom stereocenters. The number of ether oxygens (including phenoxy) is 1. The highest BCUT2D eigenvalue weighted by molar-refractivity contribution is 9.09. The predicted octanol–water partition coefficient (Wildman–Crippen LogP) is 2.41. The minimum Gasteiger partial charge on any atom is -0.355 e. The highest BCUT2D eigenvalue weighted by Gasteiger charge is 2.14. The Balaban J connectivity index is 2.23. The minimum atomic E-state index is -0.215. The van der Waals surface area contributed by atoms with Gasteiger partial charge in [0, 0.05) is 24.4 Å². The molecule has 0 unspecified atom stereocenters. The van der Waals surface area contributed by atoms with E-state index in [1.165, 1.54) is 0 Å². The van der Waals surface area contributed by atoms with Crippen LogP contribution in [0.1, 0.15) is 17.5 Å². The summed E-state index contributed by atoms with van der Waals surface area (Å²) in [4.78, 5) is 0. The van der Waals surface area contributed by atoms with Crippen molar-refractivity contribution >= 4 is 15.9 Å². The highest BCUT2D eigenvalue weighted by Crippen LogP contribution is 2.17. The molecular formula is C12H14BrN3O. The first-order valence-electron chi connectivity index (χ1n) is 5.39. The number of halogens is 1. The number of hydrogen-bond acceptors (Lipinski definition) is 3. The van der Waals surface area contributed by atoms with Crippen molar-refractivity contribution in [3.8, 4) is 0 Å². The summed E-state index contributed by atoms with van der Waals surface area (Å²) >= 11 is 3.39. The van der Waals surface area contributed by atoms with Gasteiger partial charge >= 0.3 is 0 Å².